The van der Waals surface area contributed by atoms with E-state index >= 15 is 0 Å². The van der Waals surface area contributed by atoms with Crippen molar-refractivity contribution in [3.8, 4) is 5.75 Å². The van der Waals surface area contributed by atoms with Gasteiger partial charge in [0.1, 0.15) is 12.4 Å². The van der Waals surface area contributed by atoms with Crippen molar-refractivity contribution in [2.24, 2.45) is 5.73 Å². The fourth-order valence-electron chi connectivity index (χ4n) is 2.77. The molecule has 2 aromatic carbocycles. The maximum Gasteiger partial charge on any atom is 0.234 e. The van der Waals surface area contributed by atoms with E-state index in [2.05, 4.69) is 5.32 Å². The SMILES string of the molecule is Cl.NC(=O)[C@H]1CC[C@@H](c2ccc(OCc3ccccc3)cc2)N1. The van der Waals surface area contributed by atoms with Crippen molar-refractivity contribution in [3.63, 3.8) is 0 Å². The molecule has 23 heavy (non-hydrogen) atoms. The molecule has 2 aromatic rings. The van der Waals surface area contributed by atoms with Crippen LogP contribution in [-0.4, -0.2) is 11.9 Å². The van der Waals surface area contributed by atoms with Crippen LogP contribution in [0.5, 0.6) is 5.75 Å². The number of benzene rings is 2. The van der Waals surface area contributed by atoms with Gasteiger partial charge in [-0.2, -0.15) is 0 Å². The number of hydrogen-bond donors (Lipinski definition) is 2. The zero-order valence-electron chi connectivity index (χ0n) is 12.8. The lowest BCUT2D eigenvalue weighted by molar-refractivity contribution is -0.119. The van der Waals surface area contributed by atoms with Crippen molar-refractivity contribution in [2.75, 3.05) is 0 Å². The first-order chi connectivity index (χ1) is 10.7. The van der Waals surface area contributed by atoms with Crippen LogP contribution in [0.1, 0.15) is 30.0 Å². The number of halogens is 1. The fraction of sp³-hybridized carbons (Fsp3) is 0.278. The molecule has 5 heteroatoms. The van der Waals surface area contributed by atoms with Gasteiger partial charge in [-0.1, -0.05) is 42.5 Å². The maximum atomic E-state index is 11.2. The molecule has 1 fully saturated rings. The molecule has 1 aliphatic rings. The summed E-state index contributed by atoms with van der Waals surface area (Å²) in [6.07, 6.45) is 1.73. The van der Waals surface area contributed by atoms with Crippen LogP contribution in [0.3, 0.4) is 0 Å². The lowest BCUT2D eigenvalue weighted by Gasteiger charge is -2.13. The van der Waals surface area contributed by atoms with Gasteiger partial charge in [0.15, 0.2) is 0 Å². The molecule has 122 valence electrons. The molecule has 0 radical (unpaired) electrons. The summed E-state index contributed by atoms with van der Waals surface area (Å²) in [5.41, 5.74) is 7.64. The molecule has 1 aliphatic heterocycles. The number of amides is 1. The molecular formula is C18H21ClN2O2. The van der Waals surface area contributed by atoms with Crippen molar-refractivity contribution >= 4 is 18.3 Å². The van der Waals surface area contributed by atoms with Gasteiger partial charge in [-0.25, -0.2) is 0 Å². The van der Waals surface area contributed by atoms with E-state index in [0.29, 0.717) is 6.61 Å². The van der Waals surface area contributed by atoms with Crippen molar-refractivity contribution in [1.82, 2.24) is 5.32 Å². The van der Waals surface area contributed by atoms with Gasteiger partial charge in [0.25, 0.3) is 0 Å². The van der Waals surface area contributed by atoms with Crippen LogP contribution >= 0.6 is 12.4 Å². The van der Waals surface area contributed by atoms with Crippen LogP contribution in [0.15, 0.2) is 54.6 Å². The fourth-order valence-corrected chi connectivity index (χ4v) is 2.77. The van der Waals surface area contributed by atoms with Crippen LogP contribution in [0, 0.1) is 0 Å². The zero-order valence-corrected chi connectivity index (χ0v) is 13.6. The van der Waals surface area contributed by atoms with Crippen molar-refractivity contribution in [3.05, 3.63) is 65.7 Å². The molecule has 0 spiro atoms. The summed E-state index contributed by atoms with van der Waals surface area (Å²) in [6.45, 7) is 0.561. The van der Waals surface area contributed by atoms with Gasteiger partial charge in [0, 0.05) is 6.04 Å². The largest absolute Gasteiger partial charge is 0.489 e. The van der Waals surface area contributed by atoms with Crippen LogP contribution < -0.4 is 15.8 Å². The van der Waals surface area contributed by atoms with Crippen LogP contribution in [0.4, 0.5) is 0 Å². The standard InChI is InChI=1S/C18H20N2O2.ClH/c19-18(21)17-11-10-16(20-17)14-6-8-15(9-7-14)22-12-13-4-2-1-3-5-13;/h1-9,16-17,20H,10-12H2,(H2,19,21);1H/t16-,17+;/m0./s1. The molecule has 0 bridgehead atoms. The third kappa shape index (κ3) is 4.47. The minimum atomic E-state index is -0.273. The van der Waals surface area contributed by atoms with E-state index in [-0.39, 0.29) is 30.4 Å². The highest BCUT2D eigenvalue weighted by Crippen LogP contribution is 2.27. The first-order valence-electron chi connectivity index (χ1n) is 7.54. The minimum absolute atomic E-state index is 0. The molecule has 0 aliphatic carbocycles. The van der Waals surface area contributed by atoms with Crippen LogP contribution in [0.25, 0.3) is 0 Å². The van der Waals surface area contributed by atoms with Crippen molar-refractivity contribution in [2.45, 2.75) is 31.5 Å². The Bertz CT molecular complexity index is 631. The number of nitrogens with two attached hydrogens (primary N) is 1. The molecule has 2 atom stereocenters. The van der Waals surface area contributed by atoms with Crippen LogP contribution in [0.2, 0.25) is 0 Å². The van der Waals surface area contributed by atoms with Gasteiger partial charge in [-0.15, -0.1) is 12.4 Å². The lowest BCUT2D eigenvalue weighted by Crippen LogP contribution is -2.37. The molecule has 0 unspecified atom stereocenters. The van der Waals surface area contributed by atoms with Crippen molar-refractivity contribution in [1.29, 1.82) is 0 Å². The summed E-state index contributed by atoms with van der Waals surface area (Å²) in [4.78, 5) is 11.2. The first-order valence-corrected chi connectivity index (χ1v) is 7.54. The first kappa shape index (κ1) is 17.3. The van der Waals surface area contributed by atoms with E-state index in [0.717, 1.165) is 29.7 Å². The third-order valence-electron chi connectivity index (χ3n) is 4.02. The Hall–Kier alpha value is -2.04. The molecule has 1 saturated heterocycles. The number of primary amides is 1. The molecule has 0 aromatic heterocycles. The molecule has 1 amide bonds. The second kappa shape index (κ2) is 7.99. The van der Waals surface area contributed by atoms with Gasteiger partial charge in [0.05, 0.1) is 6.04 Å². The minimum Gasteiger partial charge on any atom is -0.489 e. The Labute approximate surface area is 142 Å². The number of carbonyl (C=O) groups excluding carboxylic acids is 1. The van der Waals surface area contributed by atoms with E-state index in [1.807, 2.05) is 54.6 Å². The molecule has 3 N–H and O–H groups in total. The highest BCUT2D eigenvalue weighted by Gasteiger charge is 2.28. The Morgan fingerprint density at radius 1 is 1.09 bits per heavy atom. The predicted octanol–water partition coefficient (Wildman–Crippen LogP) is 2.97. The monoisotopic (exact) mass is 332 g/mol. The van der Waals surface area contributed by atoms with Gasteiger partial charge < -0.3 is 10.5 Å². The maximum absolute atomic E-state index is 11.2. The van der Waals surface area contributed by atoms with E-state index in [9.17, 15) is 4.79 Å². The highest BCUT2D eigenvalue weighted by molar-refractivity contribution is 5.85. The van der Waals surface area contributed by atoms with Gasteiger partial charge in [-0.05, 0) is 36.1 Å². The normalized spacial score (nSPS) is 19.8. The average molecular weight is 333 g/mol. The Kier molecular flexibility index (Phi) is 6.02. The number of hydrogen-bond acceptors (Lipinski definition) is 3. The van der Waals surface area contributed by atoms with Gasteiger partial charge in [0.2, 0.25) is 5.91 Å². The summed E-state index contributed by atoms with van der Waals surface area (Å²) in [5.74, 6) is 0.572. The van der Waals surface area contributed by atoms with E-state index < -0.39 is 0 Å². The van der Waals surface area contributed by atoms with Gasteiger partial charge in [-0.3, -0.25) is 10.1 Å². The number of carbonyl (C=O) groups is 1. The van der Waals surface area contributed by atoms with Gasteiger partial charge >= 0.3 is 0 Å². The van der Waals surface area contributed by atoms with Crippen molar-refractivity contribution < 1.29 is 9.53 Å². The quantitative estimate of drug-likeness (QED) is 0.884. The Morgan fingerprint density at radius 3 is 2.39 bits per heavy atom. The summed E-state index contributed by atoms with van der Waals surface area (Å²) in [5, 5.41) is 3.27. The number of nitrogens with one attached hydrogen (secondary N) is 1. The molecule has 1 heterocycles. The predicted molar refractivity (Wildman–Crippen MR) is 92.6 cm³/mol. The second-order valence-corrected chi connectivity index (χ2v) is 5.59. The number of ether oxygens (including phenoxy) is 1. The molecular weight excluding hydrogens is 312 g/mol. The molecule has 3 rings (SSSR count). The number of rotatable bonds is 5. The topological polar surface area (TPSA) is 64.4 Å². The Balaban J connectivity index is 0.00000192. The highest BCUT2D eigenvalue weighted by atomic mass is 35.5. The lowest BCUT2D eigenvalue weighted by atomic mass is 10.1. The summed E-state index contributed by atoms with van der Waals surface area (Å²) < 4.78 is 5.77. The second-order valence-electron chi connectivity index (χ2n) is 5.59. The smallest absolute Gasteiger partial charge is 0.234 e. The average Bonchev–Trinajstić information content (AvgIpc) is 3.05. The Morgan fingerprint density at radius 2 is 1.78 bits per heavy atom. The molecule has 4 nitrogen and oxygen atoms in total. The van der Waals surface area contributed by atoms with Crippen LogP contribution in [-0.2, 0) is 11.4 Å². The summed E-state index contributed by atoms with van der Waals surface area (Å²) in [7, 11) is 0. The van der Waals surface area contributed by atoms with E-state index in [1.165, 1.54) is 0 Å². The zero-order chi connectivity index (χ0) is 15.4. The van der Waals surface area contributed by atoms with E-state index in [1.54, 1.807) is 0 Å². The molecule has 0 saturated carbocycles. The summed E-state index contributed by atoms with van der Waals surface area (Å²) >= 11 is 0. The third-order valence-corrected chi connectivity index (χ3v) is 4.02. The summed E-state index contributed by atoms with van der Waals surface area (Å²) in [6, 6.07) is 18.1. The van der Waals surface area contributed by atoms with E-state index in [4.69, 9.17) is 10.5 Å².